The Hall–Kier alpha value is -4.77. The minimum absolute atomic E-state index is 0.0821. The van der Waals surface area contributed by atoms with Crippen LogP contribution in [0.2, 0.25) is 5.02 Å². The summed E-state index contributed by atoms with van der Waals surface area (Å²) >= 11 is 7.70. The molecule has 4 aromatic rings. The molecule has 2 fully saturated rings. The number of phenols is 1. The van der Waals surface area contributed by atoms with E-state index in [1.165, 1.54) is 0 Å². The third-order valence-corrected chi connectivity index (χ3v) is 9.78. The molecule has 4 amide bonds. The molecule has 4 aromatic carbocycles. The van der Waals surface area contributed by atoms with Gasteiger partial charge in [-0.05, 0) is 59.2 Å². The summed E-state index contributed by atoms with van der Waals surface area (Å²) in [5.74, 6) is -0.344. The smallest absolute Gasteiger partial charge is 0.334 e. The van der Waals surface area contributed by atoms with E-state index >= 15 is 0 Å². The Morgan fingerprint density at radius 3 is 2.38 bits per heavy atom. The molecular weight excluding hydrogens is 646 g/mol. The summed E-state index contributed by atoms with van der Waals surface area (Å²) in [6.45, 7) is 4.74. The monoisotopic (exact) mass is 681 g/mol. The van der Waals surface area contributed by atoms with Crippen LogP contribution in [0.3, 0.4) is 0 Å². The molecule has 0 spiro atoms. The number of rotatable bonds is 10. The van der Waals surface area contributed by atoms with Crippen LogP contribution in [0.1, 0.15) is 16.7 Å². The molecule has 2 atom stereocenters. The van der Waals surface area contributed by atoms with Gasteiger partial charge in [-0.3, -0.25) is 9.59 Å². The number of benzene rings is 4. The number of nitrogens with zero attached hydrogens (tertiary/aromatic N) is 4. The van der Waals surface area contributed by atoms with Gasteiger partial charge in [-0.25, -0.2) is 14.8 Å². The lowest BCUT2D eigenvalue weighted by molar-refractivity contribution is -0.189. The fourth-order valence-corrected chi connectivity index (χ4v) is 7.19. The predicted octanol–water partition coefficient (Wildman–Crippen LogP) is 5.93. The molecule has 0 radical (unpaired) electrons. The minimum atomic E-state index is -0.868. The molecule has 0 saturated carbocycles. The number of fused-ring (bicyclic) bond motifs is 1. The second-order valence-corrected chi connectivity index (χ2v) is 13.2. The lowest BCUT2D eigenvalue weighted by Crippen LogP contribution is -2.76. The van der Waals surface area contributed by atoms with E-state index in [1.54, 1.807) is 61.9 Å². The van der Waals surface area contributed by atoms with Crippen LogP contribution < -0.4 is 5.32 Å². The van der Waals surface area contributed by atoms with Crippen LogP contribution in [0.4, 0.5) is 4.79 Å². The Kier molecular flexibility index (Phi) is 10.3. The van der Waals surface area contributed by atoms with E-state index in [2.05, 4.69) is 11.9 Å². The van der Waals surface area contributed by atoms with E-state index in [-0.39, 0.29) is 56.2 Å². The van der Waals surface area contributed by atoms with E-state index in [0.717, 1.165) is 26.5 Å². The molecule has 2 aliphatic heterocycles. The number of urea groups is 1. The first-order chi connectivity index (χ1) is 23.3. The summed E-state index contributed by atoms with van der Waals surface area (Å²) in [5, 5.41) is 16.8. The Morgan fingerprint density at radius 1 is 0.938 bits per heavy atom. The zero-order valence-corrected chi connectivity index (χ0v) is 27.8. The van der Waals surface area contributed by atoms with Crippen molar-refractivity contribution >= 4 is 41.2 Å². The molecule has 48 heavy (non-hydrogen) atoms. The summed E-state index contributed by atoms with van der Waals surface area (Å²) in [4.78, 5) is 47.6. The molecule has 2 N–H and O–H groups in total. The Bertz CT molecular complexity index is 1770. The Labute approximate surface area is 289 Å². The predicted molar refractivity (Wildman–Crippen MR) is 186 cm³/mol. The first kappa shape index (κ1) is 33.1. The third-order valence-electron chi connectivity index (χ3n) is 8.41. The van der Waals surface area contributed by atoms with E-state index in [4.69, 9.17) is 11.6 Å². The van der Waals surface area contributed by atoms with Crippen LogP contribution in [-0.4, -0.2) is 74.6 Å². The fraction of sp³-hybridized carbons (Fsp3) is 0.216. The SMILES string of the molecule is C=CCN1CC(=O)N2C(Cc3ccc(O)cc3)C(=O)N(Cc3ccccc3Sc3ccc(Cl)cc3)CC2N1C(=O)NCc1ccccc1. The number of aromatic hydroxyl groups is 1. The van der Waals surface area contributed by atoms with Crippen LogP contribution in [0.15, 0.2) is 126 Å². The van der Waals surface area contributed by atoms with Crippen molar-refractivity contribution in [1.82, 2.24) is 25.1 Å². The molecule has 9 nitrogen and oxygen atoms in total. The van der Waals surface area contributed by atoms with Crippen molar-refractivity contribution in [3.8, 4) is 5.75 Å². The molecule has 246 valence electrons. The first-order valence-corrected chi connectivity index (χ1v) is 16.9. The quantitative estimate of drug-likeness (QED) is 0.202. The van der Waals surface area contributed by atoms with E-state index in [1.807, 2.05) is 78.9 Å². The van der Waals surface area contributed by atoms with E-state index in [0.29, 0.717) is 11.6 Å². The average Bonchev–Trinajstić information content (AvgIpc) is 3.09. The number of hydrogen-bond acceptors (Lipinski definition) is 6. The van der Waals surface area contributed by atoms with Crippen LogP contribution >= 0.6 is 23.4 Å². The fourth-order valence-electron chi connectivity index (χ4n) is 6.12. The van der Waals surface area contributed by atoms with Crippen LogP contribution in [0, 0.1) is 0 Å². The zero-order chi connectivity index (χ0) is 33.6. The lowest BCUT2D eigenvalue weighted by Gasteiger charge is -2.55. The van der Waals surface area contributed by atoms with E-state index < -0.39 is 12.2 Å². The molecule has 2 heterocycles. The molecule has 0 bridgehead atoms. The largest absolute Gasteiger partial charge is 0.508 e. The normalized spacial score (nSPS) is 18.1. The average molecular weight is 682 g/mol. The number of hydrazine groups is 1. The standard InChI is InChI=1S/C37H36ClN5O4S/c1-2-20-41-25-35(45)42-32(21-26-12-16-30(44)17-13-26)36(46)40(24-34(42)43(41)37(47)39-22-27-8-4-3-5-9-27)23-28-10-6-7-11-33(28)48-31-18-14-29(38)15-19-31/h2-19,32,34,44H,1,20-25H2,(H,39,47). The number of halogens is 1. The van der Waals surface area contributed by atoms with Gasteiger partial charge in [0.15, 0.2) is 0 Å². The molecule has 2 aliphatic rings. The van der Waals surface area contributed by atoms with Gasteiger partial charge in [-0.1, -0.05) is 90.1 Å². The second-order valence-electron chi connectivity index (χ2n) is 11.7. The maximum absolute atomic E-state index is 14.4. The van der Waals surface area contributed by atoms with Crippen LogP contribution in [0.5, 0.6) is 5.75 Å². The highest BCUT2D eigenvalue weighted by Crippen LogP contribution is 2.34. The molecule has 0 aromatic heterocycles. The van der Waals surface area contributed by atoms with Crippen molar-refractivity contribution in [2.45, 2.75) is 41.5 Å². The van der Waals surface area contributed by atoms with Gasteiger partial charge < -0.3 is 20.2 Å². The third kappa shape index (κ3) is 7.52. The molecule has 2 saturated heterocycles. The maximum Gasteiger partial charge on any atom is 0.334 e. The minimum Gasteiger partial charge on any atom is -0.508 e. The highest BCUT2D eigenvalue weighted by molar-refractivity contribution is 7.99. The number of carbonyl (C=O) groups excluding carboxylic acids is 3. The summed E-state index contributed by atoms with van der Waals surface area (Å²) in [7, 11) is 0. The summed E-state index contributed by atoms with van der Waals surface area (Å²) < 4.78 is 0. The Balaban J connectivity index is 1.34. The number of nitrogens with one attached hydrogen (secondary N) is 1. The van der Waals surface area contributed by atoms with Crippen molar-refractivity contribution in [3.05, 3.63) is 137 Å². The summed E-state index contributed by atoms with van der Waals surface area (Å²) in [5.41, 5.74) is 2.66. The van der Waals surface area contributed by atoms with Gasteiger partial charge in [0.1, 0.15) is 18.0 Å². The van der Waals surface area contributed by atoms with Crippen molar-refractivity contribution in [1.29, 1.82) is 0 Å². The van der Waals surface area contributed by atoms with Crippen molar-refractivity contribution in [3.63, 3.8) is 0 Å². The zero-order valence-electron chi connectivity index (χ0n) is 26.2. The topological polar surface area (TPSA) is 96.4 Å². The second kappa shape index (κ2) is 15.0. The molecule has 0 aliphatic carbocycles. The van der Waals surface area contributed by atoms with Gasteiger partial charge in [0, 0.05) is 40.9 Å². The molecule has 2 unspecified atom stereocenters. The lowest BCUT2D eigenvalue weighted by atomic mass is 9.98. The summed E-state index contributed by atoms with van der Waals surface area (Å²) in [6.07, 6.45) is 1.11. The highest BCUT2D eigenvalue weighted by atomic mass is 35.5. The van der Waals surface area contributed by atoms with Gasteiger partial charge in [0.05, 0.1) is 13.1 Å². The first-order valence-electron chi connectivity index (χ1n) is 15.7. The summed E-state index contributed by atoms with van der Waals surface area (Å²) in [6, 6.07) is 30.5. The molecular formula is C37H36ClN5O4S. The van der Waals surface area contributed by atoms with Gasteiger partial charge in [-0.2, -0.15) is 0 Å². The van der Waals surface area contributed by atoms with Crippen molar-refractivity contribution < 1.29 is 19.5 Å². The van der Waals surface area contributed by atoms with Crippen molar-refractivity contribution in [2.24, 2.45) is 0 Å². The van der Waals surface area contributed by atoms with Gasteiger partial charge in [0.25, 0.3) is 0 Å². The van der Waals surface area contributed by atoms with Gasteiger partial charge in [-0.15, -0.1) is 6.58 Å². The maximum atomic E-state index is 14.4. The number of piperazine rings is 1. The number of carbonyl (C=O) groups is 3. The van der Waals surface area contributed by atoms with Gasteiger partial charge >= 0.3 is 6.03 Å². The van der Waals surface area contributed by atoms with Crippen molar-refractivity contribution in [2.75, 3.05) is 19.6 Å². The van der Waals surface area contributed by atoms with Gasteiger partial charge in [0.2, 0.25) is 11.8 Å². The number of hydrogen-bond donors (Lipinski definition) is 2. The molecule has 11 heteroatoms. The highest BCUT2D eigenvalue weighted by Gasteiger charge is 2.51. The van der Waals surface area contributed by atoms with E-state index in [9.17, 15) is 19.5 Å². The van der Waals surface area contributed by atoms with Crippen LogP contribution in [-0.2, 0) is 29.1 Å². The van der Waals surface area contributed by atoms with Crippen LogP contribution in [0.25, 0.3) is 0 Å². The Morgan fingerprint density at radius 2 is 1.65 bits per heavy atom. The number of phenolic OH excluding ortho intramolecular Hbond substituents is 1. The number of amides is 4. The molecule has 6 rings (SSSR count).